The zero-order valence-electron chi connectivity index (χ0n) is 10.3. The van der Waals surface area contributed by atoms with E-state index in [9.17, 15) is 4.79 Å². The summed E-state index contributed by atoms with van der Waals surface area (Å²) in [5.74, 6) is 0.900. The topological polar surface area (TPSA) is 46.3 Å². The third-order valence-electron chi connectivity index (χ3n) is 3.41. The molecule has 0 aromatic heterocycles. The van der Waals surface area contributed by atoms with Gasteiger partial charge in [-0.1, -0.05) is 30.3 Å². The maximum Gasteiger partial charge on any atom is 0.226 e. The van der Waals surface area contributed by atoms with Gasteiger partial charge in [0.1, 0.15) is 0 Å². The molecule has 0 aliphatic heterocycles. The Morgan fingerprint density at radius 1 is 1.41 bits per heavy atom. The Morgan fingerprint density at radius 3 is 2.76 bits per heavy atom. The van der Waals surface area contributed by atoms with Gasteiger partial charge in [-0.2, -0.15) is 0 Å². The first-order valence-corrected chi connectivity index (χ1v) is 6.24. The summed E-state index contributed by atoms with van der Waals surface area (Å²) >= 11 is 0. The van der Waals surface area contributed by atoms with Gasteiger partial charge in [0, 0.05) is 19.5 Å². The fraction of sp³-hybridized carbons (Fsp3) is 0.500. The molecule has 3 heteroatoms. The number of carbonyl (C=O) groups excluding carboxylic acids is 1. The lowest BCUT2D eigenvalue weighted by molar-refractivity contribution is -0.131. The normalized spacial score (nSPS) is 22.2. The van der Waals surface area contributed by atoms with E-state index in [0.717, 1.165) is 19.4 Å². The average molecular weight is 232 g/mol. The minimum atomic E-state index is 0.195. The van der Waals surface area contributed by atoms with Gasteiger partial charge in [0.2, 0.25) is 5.91 Å². The first kappa shape index (κ1) is 12.1. The fourth-order valence-corrected chi connectivity index (χ4v) is 2.26. The molecule has 2 unspecified atom stereocenters. The first-order chi connectivity index (χ1) is 8.24. The predicted molar refractivity (Wildman–Crippen MR) is 68.6 cm³/mol. The predicted octanol–water partition coefficient (Wildman–Crippen LogP) is 1.60. The second-order valence-electron chi connectivity index (χ2n) is 4.76. The fourth-order valence-electron chi connectivity index (χ4n) is 2.26. The van der Waals surface area contributed by atoms with Crippen LogP contribution in [0.15, 0.2) is 30.3 Å². The summed E-state index contributed by atoms with van der Waals surface area (Å²) in [6.07, 6.45) is 1.88. The highest BCUT2D eigenvalue weighted by atomic mass is 16.2. The molecule has 1 aromatic rings. The second kappa shape index (κ2) is 5.32. The van der Waals surface area contributed by atoms with E-state index >= 15 is 0 Å². The van der Waals surface area contributed by atoms with Gasteiger partial charge in [0.15, 0.2) is 0 Å². The summed E-state index contributed by atoms with van der Waals surface area (Å²) < 4.78 is 0. The minimum Gasteiger partial charge on any atom is -0.345 e. The third-order valence-corrected chi connectivity index (χ3v) is 3.41. The Bertz CT molecular complexity index is 377. The van der Waals surface area contributed by atoms with Crippen molar-refractivity contribution in [1.29, 1.82) is 0 Å². The number of carbonyl (C=O) groups is 1. The molecule has 0 spiro atoms. The Balaban J connectivity index is 1.88. The van der Waals surface area contributed by atoms with Crippen LogP contribution in [-0.2, 0) is 4.79 Å². The van der Waals surface area contributed by atoms with E-state index in [4.69, 9.17) is 5.73 Å². The van der Waals surface area contributed by atoms with Gasteiger partial charge < -0.3 is 10.6 Å². The summed E-state index contributed by atoms with van der Waals surface area (Å²) in [6, 6.07) is 10.3. The van der Waals surface area contributed by atoms with Crippen molar-refractivity contribution < 1.29 is 4.79 Å². The van der Waals surface area contributed by atoms with Crippen molar-refractivity contribution in [1.82, 2.24) is 4.90 Å². The van der Waals surface area contributed by atoms with Gasteiger partial charge in [0.25, 0.3) is 0 Å². The first-order valence-electron chi connectivity index (χ1n) is 6.24. The summed E-state index contributed by atoms with van der Waals surface area (Å²) in [6.45, 7) is 1.41. The van der Waals surface area contributed by atoms with E-state index in [1.165, 1.54) is 5.56 Å². The molecule has 1 amide bonds. The van der Waals surface area contributed by atoms with Crippen LogP contribution in [0.1, 0.15) is 24.3 Å². The highest BCUT2D eigenvalue weighted by Crippen LogP contribution is 2.48. The zero-order valence-corrected chi connectivity index (χ0v) is 10.3. The van der Waals surface area contributed by atoms with Crippen molar-refractivity contribution in [2.75, 3.05) is 20.1 Å². The monoisotopic (exact) mass is 232 g/mol. The van der Waals surface area contributed by atoms with E-state index < -0.39 is 0 Å². The van der Waals surface area contributed by atoms with E-state index in [1.807, 2.05) is 30.1 Å². The average Bonchev–Trinajstić information content (AvgIpc) is 3.16. The quantitative estimate of drug-likeness (QED) is 0.838. The van der Waals surface area contributed by atoms with E-state index in [1.54, 1.807) is 0 Å². The van der Waals surface area contributed by atoms with Gasteiger partial charge >= 0.3 is 0 Å². The number of benzene rings is 1. The van der Waals surface area contributed by atoms with Crippen LogP contribution in [0, 0.1) is 5.92 Å². The maximum atomic E-state index is 12.1. The Hall–Kier alpha value is -1.35. The number of nitrogens with two attached hydrogens (primary N) is 1. The molecule has 1 fully saturated rings. The van der Waals surface area contributed by atoms with Crippen molar-refractivity contribution in [3.63, 3.8) is 0 Å². The molecule has 0 bridgehead atoms. The van der Waals surface area contributed by atoms with Crippen molar-refractivity contribution in [2.24, 2.45) is 11.7 Å². The van der Waals surface area contributed by atoms with E-state index in [0.29, 0.717) is 12.5 Å². The molecule has 1 aromatic carbocycles. The standard InChI is InChI=1S/C14H20N2O/c1-16(9-5-8-15)14(17)13-10-12(13)11-6-3-2-4-7-11/h2-4,6-7,12-13H,5,8-10,15H2,1H3. The number of nitrogens with zero attached hydrogens (tertiary/aromatic N) is 1. The summed E-state index contributed by atoms with van der Waals surface area (Å²) in [7, 11) is 1.87. The molecule has 2 N–H and O–H groups in total. The second-order valence-corrected chi connectivity index (χ2v) is 4.76. The van der Waals surface area contributed by atoms with E-state index in [-0.39, 0.29) is 11.8 Å². The van der Waals surface area contributed by atoms with Crippen molar-refractivity contribution in [2.45, 2.75) is 18.8 Å². The van der Waals surface area contributed by atoms with Crippen LogP contribution < -0.4 is 5.73 Å². The molecule has 3 nitrogen and oxygen atoms in total. The Labute approximate surface area is 103 Å². The number of hydrogen-bond acceptors (Lipinski definition) is 2. The largest absolute Gasteiger partial charge is 0.345 e. The molecule has 2 rings (SSSR count). The molecule has 1 saturated carbocycles. The molecule has 92 valence electrons. The van der Waals surface area contributed by atoms with Crippen LogP contribution >= 0.6 is 0 Å². The Kier molecular flexibility index (Phi) is 3.79. The molecule has 0 heterocycles. The third kappa shape index (κ3) is 2.86. The number of hydrogen-bond donors (Lipinski definition) is 1. The number of rotatable bonds is 5. The smallest absolute Gasteiger partial charge is 0.226 e. The van der Waals surface area contributed by atoms with E-state index in [2.05, 4.69) is 12.1 Å². The molecule has 0 saturated heterocycles. The maximum absolute atomic E-state index is 12.1. The van der Waals surface area contributed by atoms with Crippen LogP contribution in [0.2, 0.25) is 0 Å². The summed E-state index contributed by atoms with van der Waals surface area (Å²) in [4.78, 5) is 13.9. The lowest BCUT2D eigenvalue weighted by Crippen LogP contribution is -2.30. The molecule has 17 heavy (non-hydrogen) atoms. The van der Waals surface area contributed by atoms with Crippen LogP contribution in [-0.4, -0.2) is 30.9 Å². The van der Waals surface area contributed by atoms with Gasteiger partial charge in [-0.3, -0.25) is 4.79 Å². The molecular formula is C14H20N2O. The molecule has 2 atom stereocenters. The molecule has 1 aliphatic carbocycles. The van der Waals surface area contributed by atoms with Crippen molar-refractivity contribution in [3.05, 3.63) is 35.9 Å². The SMILES string of the molecule is CN(CCCN)C(=O)C1CC1c1ccccc1. The van der Waals surface area contributed by atoms with Crippen molar-refractivity contribution >= 4 is 5.91 Å². The Morgan fingerprint density at radius 2 is 2.12 bits per heavy atom. The van der Waals surface area contributed by atoms with Gasteiger partial charge in [-0.15, -0.1) is 0 Å². The van der Waals surface area contributed by atoms with Gasteiger partial charge in [0.05, 0.1) is 0 Å². The molecule has 0 radical (unpaired) electrons. The minimum absolute atomic E-state index is 0.195. The highest BCUT2D eigenvalue weighted by Gasteiger charge is 2.44. The van der Waals surface area contributed by atoms with Crippen LogP contribution in [0.5, 0.6) is 0 Å². The van der Waals surface area contributed by atoms with Gasteiger partial charge in [-0.05, 0) is 30.9 Å². The summed E-state index contributed by atoms with van der Waals surface area (Å²) in [5.41, 5.74) is 6.74. The lowest BCUT2D eigenvalue weighted by Gasteiger charge is -2.16. The molecule has 1 aliphatic rings. The lowest BCUT2D eigenvalue weighted by atomic mass is 10.1. The molecular weight excluding hydrogens is 212 g/mol. The summed E-state index contributed by atoms with van der Waals surface area (Å²) in [5, 5.41) is 0. The van der Waals surface area contributed by atoms with Crippen molar-refractivity contribution in [3.8, 4) is 0 Å². The van der Waals surface area contributed by atoms with Crippen LogP contribution in [0.3, 0.4) is 0 Å². The van der Waals surface area contributed by atoms with Crippen LogP contribution in [0.25, 0.3) is 0 Å². The van der Waals surface area contributed by atoms with Crippen LogP contribution in [0.4, 0.5) is 0 Å². The highest BCUT2D eigenvalue weighted by molar-refractivity contribution is 5.82. The number of amides is 1. The zero-order chi connectivity index (χ0) is 12.3. The van der Waals surface area contributed by atoms with Gasteiger partial charge in [-0.25, -0.2) is 0 Å².